The predicted molar refractivity (Wildman–Crippen MR) is 86.9 cm³/mol. The normalized spacial score (nSPS) is 17.1. The number of anilines is 1. The molecule has 0 fully saturated rings. The Morgan fingerprint density at radius 3 is 2.75 bits per heavy atom. The van der Waals surface area contributed by atoms with Crippen LogP contribution < -0.4 is 5.73 Å². The van der Waals surface area contributed by atoms with Gasteiger partial charge < -0.3 is 5.73 Å². The van der Waals surface area contributed by atoms with Gasteiger partial charge in [-0.25, -0.2) is 0 Å². The molecule has 0 radical (unpaired) electrons. The van der Waals surface area contributed by atoms with E-state index in [0.717, 1.165) is 25.2 Å². The van der Waals surface area contributed by atoms with Crippen molar-refractivity contribution in [2.45, 2.75) is 32.9 Å². The fourth-order valence-electron chi connectivity index (χ4n) is 3.29. The quantitative estimate of drug-likeness (QED) is 0.861. The van der Waals surface area contributed by atoms with Crippen molar-refractivity contribution in [1.82, 2.24) is 4.90 Å². The Hall–Kier alpha value is -1.32. The molecular weight excluding hydrogens is 264 g/mol. The number of nitrogens with two attached hydrogens (primary N) is 1. The molecule has 0 bridgehead atoms. The van der Waals surface area contributed by atoms with Gasteiger partial charge in [0.25, 0.3) is 0 Å². The summed E-state index contributed by atoms with van der Waals surface area (Å²) >= 11 is 1.87. The van der Waals surface area contributed by atoms with Crippen LogP contribution in [-0.2, 0) is 13.0 Å². The molecule has 0 spiro atoms. The predicted octanol–water partition coefficient (Wildman–Crippen LogP) is 4.09. The fraction of sp³-hybridized carbons (Fsp3) is 0.412. The van der Waals surface area contributed by atoms with Crippen molar-refractivity contribution in [3.8, 4) is 0 Å². The first-order chi connectivity index (χ1) is 9.66. The average molecular weight is 286 g/mol. The standard InChI is InChI=1S/C17H22N2S/c1-12(2)17(16-7-4-10-20-16)19-9-8-14-13(11-19)5-3-6-15(14)18/h3-7,10,12,17H,8-9,11,18H2,1-2H3. The topological polar surface area (TPSA) is 29.3 Å². The molecule has 106 valence electrons. The maximum Gasteiger partial charge on any atom is 0.0468 e. The van der Waals surface area contributed by atoms with Crippen LogP contribution in [0.4, 0.5) is 5.69 Å². The van der Waals surface area contributed by atoms with Crippen molar-refractivity contribution >= 4 is 17.0 Å². The Bertz CT molecular complexity index is 575. The van der Waals surface area contributed by atoms with E-state index in [1.54, 1.807) is 0 Å². The van der Waals surface area contributed by atoms with Crippen molar-refractivity contribution in [1.29, 1.82) is 0 Å². The molecule has 1 aromatic carbocycles. The largest absolute Gasteiger partial charge is 0.398 e. The van der Waals surface area contributed by atoms with E-state index in [0.29, 0.717) is 12.0 Å². The summed E-state index contributed by atoms with van der Waals surface area (Å²) in [4.78, 5) is 4.09. The molecular formula is C17H22N2S. The zero-order valence-electron chi connectivity index (χ0n) is 12.2. The first-order valence-electron chi connectivity index (χ1n) is 7.30. The molecule has 1 atom stereocenters. The van der Waals surface area contributed by atoms with Crippen molar-refractivity contribution < 1.29 is 0 Å². The van der Waals surface area contributed by atoms with Gasteiger partial charge in [-0.15, -0.1) is 11.3 Å². The Morgan fingerprint density at radius 2 is 2.05 bits per heavy atom. The van der Waals surface area contributed by atoms with Gasteiger partial charge in [0.15, 0.2) is 0 Å². The van der Waals surface area contributed by atoms with Crippen LogP contribution in [-0.4, -0.2) is 11.4 Å². The maximum atomic E-state index is 6.10. The van der Waals surface area contributed by atoms with E-state index in [9.17, 15) is 0 Å². The molecule has 0 saturated heterocycles. The number of hydrogen-bond donors (Lipinski definition) is 1. The van der Waals surface area contributed by atoms with E-state index in [1.807, 2.05) is 17.4 Å². The van der Waals surface area contributed by atoms with Crippen LogP contribution in [0.2, 0.25) is 0 Å². The number of hydrogen-bond acceptors (Lipinski definition) is 3. The molecule has 0 amide bonds. The number of fused-ring (bicyclic) bond motifs is 1. The van der Waals surface area contributed by atoms with Crippen molar-refractivity contribution in [2.75, 3.05) is 12.3 Å². The third kappa shape index (κ3) is 2.48. The highest BCUT2D eigenvalue weighted by molar-refractivity contribution is 7.10. The third-order valence-electron chi connectivity index (χ3n) is 4.19. The minimum atomic E-state index is 0.518. The van der Waals surface area contributed by atoms with Gasteiger partial charge in [0.1, 0.15) is 0 Å². The average Bonchev–Trinajstić information content (AvgIpc) is 2.92. The number of benzene rings is 1. The van der Waals surface area contributed by atoms with Crippen LogP contribution in [0.25, 0.3) is 0 Å². The zero-order chi connectivity index (χ0) is 14.1. The highest BCUT2D eigenvalue weighted by atomic mass is 32.1. The molecule has 1 unspecified atom stereocenters. The van der Waals surface area contributed by atoms with E-state index in [2.05, 4.69) is 48.4 Å². The lowest BCUT2D eigenvalue weighted by molar-refractivity contribution is 0.142. The Morgan fingerprint density at radius 1 is 1.20 bits per heavy atom. The Balaban J connectivity index is 1.88. The third-order valence-corrected chi connectivity index (χ3v) is 5.13. The first-order valence-corrected chi connectivity index (χ1v) is 8.18. The second-order valence-corrected chi connectivity index (χ2v) is 6.89. The Labute approximate surface area is 125 Å². The summed E-state index contributed by atoms with van der Waals surface area (Å²) in [7, 11) is 0. The lowest BCUT2D eigenvalue weighted by Crippen LogP contribution is -2.36. The summed E-state index contributed by atoms with van der Waals surface area (Å²) in [5.74, 6) is 0.622. The smallest absolute Gasteiger partial charge is 0.0468 e. The number of nitrogen functional groups attached to an aromatic ring is 1. The lowest BCUT2D eigenvalue weighted by atomic mass is 9.93. The van der Waals surface area contributed by atoms with Crippen molar-refractivity contribution in [3.05, 3.63) is 51.7 Å². The molecule has 1 aliphatic heterocycles. The highest BCUT2D eigenvalue weighted by Crippen LogP contribution is 2.36. The first kappa shape index (κ1) is 13.7. The van der Waals surface area contributed by atoms with Crippen LogP contribution in [0.5, 0.6) is 0 Å². The molecule has 20 heavy (non-hydrogen) atoms. The molecule has 2 heterocycles. The van der Waals surface area contributed by atoms with Crippen molar-refractivity contribution in [3.63, 3.8) is 0 Å². The molecule has 3 heteroatoms. The second kappa shape index (κ2) is 5.58. The molecule has 1 aliphatic rings. The van der Waals surface area contributed by atoms with Gasteiger partial charge in [-0.05, 0) is 41.0 Å². The summed E-state index contributed by atoms with van der Waals surface area (Å²) in [5, 5.41) is 2.18. The summed E-state index contributed by atoms with van der Waals surface area (Å²) in [6, 6.07) is 11.3. The monoisotopic (exact) mass is 286 g/mol. The molecule has 2 aromatic rings. The summed E-state index contributed by atoms with van der Waals surface area (Å²) in [6.07, 6.45) is 1.07. The van der Waals surface area contributed by atoms with Crippen LogP contribution in [0.3, 0.4) is 0 Å². The molecule has 0 saturated carbocycles. The van der Waals surface area contributed by atoms with Gasteiger partial charge >= 0.3 is 0 Å². The van der Waals surface area contributed by atoms with Gasteiger partial charge in [0.2, 0.25) is 0 Å². The van der Waals surface area contributed by atoms with E-state index >= 15 is 0 Å². The fourth-order valence-corrected chi connectivity index (χ4v) is 4.32. The second-order valence-electron chi connectivity index (χ2n) is 5.91. The molecule has 2 nitrogen and oxygen atoms in total. The minimum absolute atomic E-state index is 0.518. The van der Waals surface area contributed by atoms with E-state index in [-0.39, 0.29) is 0 Å². The van der Waals surface area contributed by atoms with Crippen LogP contribution >= 0.6 is 11.3 Å². The van der Waals surface area contributed by atoms with Gasteiger partial charge in [0.05, 0.1) is 0 Å². The van der Waals surface area contributed by atoms with E-state index < -0.39 is 0 Å². The Kier molecular flexibility index (Phi) is 3.81. The van der Waals surface area contributed by atoms with Crippen LogP contribution in [0.15, 0.2) is 35.7 Å². The lowest BCUT2D eigenvalue weighted by Gasteiger charge is -2.37. The molecule has 1 aromatic heterocycles. The summed E-state index contributed by atoms with van der Waals surface area (Å²) in [5.41, 5.74) is 9.82. The van der Waals surface area contributed by atoms with Crippen molar-refractivity contribution in [2.24, 2.45) is 5.92 Å². The molecule has 0 aliphatic carbocycles. The SMILES string of the molecule is CC(C)C(c1cccs1)N1CCc2c(N)cccc2C1. The van der Waals surface area contributed by atoms with Gasteiger partial charge in [-0.1, -0.05) is 32.0 Å². The van der Waals surface area contributed by atoms with Crippen LogP contribution in [0.1, 0.15) is 35.9 Å². The maximum absolute atomic E-state index is 6.10. The highest BCUT2D eigenvalue weighted by Gasteiger charge is 2.28. The van der Waals surface area contributed by atoms with Gasteiger partial charge in [-0.3, -0.25) is 4.90 Å². The van der Waals surface area contributed by atoms with Gasteiger partial charge in [0, 0.05) is 29.7 Å². The van der Waals surface area contributed by atoms with Crippen LogP contribution in [0, 0.1) is 5.92 Å². The summed E-state index contributed by atoms with van der Waals surface area (Å²) < 4.78 is 0. The summed E-state index contributed by atoms with van der Waals surface area (Å²) in [6.45, 7) is 6.75. The molecule has 3 rings (SSSR count). The number of rotatable bonds is 3. The number of thiophene rings is 1. The van der Waals surface area contributed by atoms with E-state index in [1.165, 1.54) is 16.0 Å². The minimum Gasteiger partial charge on any atom is -0.398 e. The number of nitrogens with zero attached hydrogens (tertiary/aromatic N) is 1. The van der Waals surface area contributed by atoms with E-state index in [4.69, 9.17) is 5.73 Å². The zero-order valence-corrected chi connectivity index (χ0v) is 13.0. The molecule has 2 N–H and O–H groups in total. The van der Waals surface area contributed by atoms with Gasteiger partial charge in [-0.2, -0.15) is 0 Å².